The molecule has 106 valence electrons. The molecule has 3 rings (SSSR count). The summed E-state index contributed by atoms with van der Waals surface area (Å²) >= 11 is 3.90. The number of thioether (sulfide) groups is 2. The Morgan fingerprint density at radius 3 is 2.74 bits per heavy atom. The zero-order valence-electron chi connectivity index (χ0n) is 11.1. The maximum Gasteiger partial charge on any atom is 0.246 e. The fourth-order valence-corrected chi connectivity index (χ4v) is 5.37. The summed E-state index contributed by atoms with van der Waals surface area (Å²) in [4.78, 5) is 26.4. The first kappa shape index (κ1) is 13.6. The van der Waals surface area contributed by atoms with Gasteiger partial charge in [0, 0.05) is 29.1 Å². The molecule has 0 spiro atoms. The number of nitrogens with zero attached hydrogens (tertiary/aromatic N) is 1. The predicted molar refractivity (Wildman–Crippen MR) is 79.4 cm³/mol. The number of hydrogen-bond donors (Lipinski definition) is 1. The number of hydrogen-bond acceptors (Lipinski definition) is 4. The van der Waals surface area contributed by atoms with E-state index in [0.29, 0.717) is 11.2 Å². The third-order valence-electron chi connectivity index (χ3n) is 4.07. The van der Waals surface area contributed by atoms with E-state index in [1.165, 1.54) is 5.75 Å². The van der Waals surface area contributed by atoms with Crippen LogP contribution in [0.1, 0.15) is 19.8 Å². The maximum absolute atomic E-state index is 12.5. The standard InChI is InChI=1S/C13H20N2O2S2/c1-8-12(16)14-11(9-2-3-9)13(17)15(8)6-10-7-18-4-5-19-10/h8-11H,2-7H2,1H3,(H,14,16). The van der Waals surface area contributed by atoms with Crippen molar-refractivity contribution in [2.45, 2.75) is 37.1 Å². The van der Waals surface area contributed by atoms with Crippen molar-refractivity contribution in [1.82, 2.24) is 10.2 Å². The highest BCUT2D eigenvalue weighted by Gasteiger charge is 2.45. The summed E-state index contributed by atoms with van der Waals surface area (Å²) in [7, 11) is 0. The highest BCUT2D eigenvalue weighted by molar-refractivity contribution is 8.06. The summed E-state index contributed by atoms with van der Waals surface area (Å²) in [5.74, 6) is 4.01. The van der Waals surface area contributed by atoms with Gasteiger partial charge in [0.05, 0.1) is 0 Å². The lowest BCUT2D eigenvalue weighted by Gasteiger charge is -2.39. The van der Waals surface area contributed by atoms with Crippen LogP contribution in [-0.4, -0.2) is 57.9 Å². The van der Waals surface area contributed by atoms with Crippen LogP contribution in [0, 0.1) is 5.92 Å². The van der Waals surface area contributed by atoms with Crippen molar-refractivity contribution in [2.24, 2.45) is 5.92 Å². The predicted octanol–water partition coefficient (Wildman–Crippen LogP) is 0.960. The van der Waals surface area contributed by atoms with Crippen LogP contribution in [-0.2, 0) is 9.59 Å². The molecule has 0 aromatic heterocycles. The molecule has 0 aromatic carbocycles. The van der Waals surface area contributed by atoms with Crippen molar-refractivity contribution in [3.8, 4) is 0 Å². The SMILES string of the molecule is CC1C(=O)NC(C2CC2)C(=O)N1CC1CSCCS1. The quantitative estimate of drug-likeness (QED) is 0.843. The molecule has 0 bridgehead atoms. The van der Waals surface area contributed by atoms with Gasteiger partial charge in [0.2, 0.25) is 11.8 Å². The van der Waals surface area contributed by atoms with Gasteiger partial charge in [-0.2, -0.15) is 23.5 Å². The number of carbonyl (C=O) groups is 2. The topological polar surface area (TPSA) is 49.4 Å². The summed E-state index contributed by atoms with van der Waals surface area (Å²) < 4.78 is 0. The molecule has 6 heteroatoms. The molecule has 2 amide bonds. The molecule has 2 aliphatic heterocycles. The summed E-state index contributed by atoms with van der Waals surface area (Å²) in [5, 5.41) is 3.39. The molecule has 3 aliphatic rings. The Bertz CT molecular complexity index is 381. The Balaban J connectivity index is 1.68. The first-order chi connectivity index (χ1) is 9.16. The van der Waals surface area contributed by atoms with Crippen LogP contribution in [0.3, 0.4) is 0 Å². The minimum atomic E-state index is -0.310. The van der Waals surface area contributed by atoms with E-state index in [2.05, 4.69) is 5.32 Å². The second kappa shape index (κ2) is 5.56. The molecule has 0 aromatic rings. The van der Waals surface area contributed by atoms with E-state index in [1.807, 2.05) is 35.3 Å². The molecular formula is C13H20N2O2S2. The van der Waals surface area contributed by atoms with Crippen LogP contribution < -0.4 is 5.32 Å². The Hall–Kier alpha value is -0.360. The van der Waals surface area contributed by atoms with Gasteiger partial charge >= 0.3 is 0 Å². The number of carbonyl (C=O) groups excluding carboxylic acids is 2. The summed E-state index contributed by atoms with van der Waals surface area (Å²) in [6, 6.07) is -0.556. The lowest BCUT2D eigenvalue weighted by Crippen LogP contribution is -2.64. The van der Waals surface area contributed by atoms with Gasteiger partial charge in [0.15, 0.2) is 0 Å². The fourth-order valence-electron chi connectivity index (χ4n) is 2.71. The Morgan fingerprint density at radius 1 is 1.32 bits per heavy atom. The van der Waals surface area contributed by atoms with Crippen molar-refractivity contribution < 1.29 is 9.59 Å². The normalized spacial score (nSPS) is 36.3. The third-order valence-corrected chi connectivity index (χ3v) is 6.90. The molecule has 19 heavy (non-hydrogen) atoms. The minimum absolute atomic E-state index is 0.0185. The van der Waals surface area contributed by atoms with Crippen molar-refractivity contribution in [3.63, 3.8) is 0 Å². The Labute approximate surface area is 122 Å². The van der Waals surface area contributed by atoms with Gasteiger partial charge in [-0.3, -0.25) is 9.59 Å². The van der Waals surface area contributed by atoms with E-state index >= 15 is 0 Å². The molecule has 3 fully saturated rings. The van der Waals surface area contributed by atoms with E-state index in [0.717, 1.165) is 30.9 Å². The van der Waals surface area contributed by atoms with E-state index in [-0.39, 0.29) is 23.9 Å². The maximum atomic E-state index is 12.5. The Kier molecular flexibility index (Phi) is 3.98. The fraction of sp³-hybridized carbons (Fsp3) is 0.846. The molecular weight excluding hydrogens is 280 g/mol. The number of amides is 2. The van der Waals surface area contributed by atoms with E-state index < -0.39 is 0 Å². The van der Waals surface area contributed by atoms with Gasteiger partial charge < -0.3 is 10.2 Å². The van der Waals surface area contributed by atoms with Crippen molar-refractivity contribution in [2.75, 3.05) is 23.8 Å². The van der Waals surface area contributed by atoms with Crippen LogP contribution in [0.2, 0.25) is 0 Å². The molecule has 1 N–H and O–H groups in total. The lowest BCUT2D eigenvalue weighted by molar-refractivity contribution is -0.149. The monoisotopic (exact) mass is 300 g/mol. The van der Waals surface area contributed by atoms with Crippen LogP contribution >= 0.6 is 23.5 Å². The van der Waals surface area contributed by atoms with Crippen LogP contribution in [0.25, 0.3) is 0 Å². The van der Waals surface area contributed by atoms with Crippen molar-refractivity contribution in [1.29, 1.82) is 0 Å². The molecule has 4 nitrogen and oxygen atoms in total. The molecule has 2 heterocycles. The first-order valence-electron chi connectivity index (χ1n) is 6.97. The van der Waals surface area contributed by atoms with E-state index in [9.17, 15) is 9.59 Å². The van der Waals surface area contributed by atoms with E-state index in [4.69, 9.17) is 0 Å². The van der Waals surface area contributed by atoms with Gasteiger partial charge in [-0.05, 0) is 25.7 Å². The first-order valence-corrected chi connectivity index (χ1v) is 9.17. The highest BCUT2D eigenvalue weighted by atomic mass is 32.2. The summed E-state index contributed by atoms with van der Waals surface area (Å²) in [5.41, 5.74) is 0. The van der Waals surface area contributed by atoms with Crippen LogP contribution in [0.5, 0.6) is 0 Å². The average molecular weight is 300 g/mol. The van der Waals surface area contributed by atoms with Gasteiger partial charge in [0.25, 0.3) is 0 Å². The third kappa shape index (κ3) is 2.89. The molecule has 0 radical (unpaired) electrons. The van der Waals surface area contributed by atoms with Crippen molar-refractivity contribution >= 4 is 35.3 Å². The lowest BCUT2D eigenvalue weighted by atomic mass is 10.0. The average Bonchev–Trinajstić information content (AvgIpc) is 3.24. The number of rotatable bonds is 3. The molecule has 1 aliphatic carbocycles. The summed E-state index contributed by atoms with van der Waals surface area (Å²) in [6.45, 7) is 2.57. The van der Waals surface area contributed by atoms with Gasteiger partial charge in [-0.25, -0.2) is 0 Å². The molecule has 3 atom stereocenters. The number of nitrogens with one attached hydrogen (secondary N) is 1. The molecule has 1 saturated carbocycles. The van der Waals surface area contributed by atoms with Crippen LogP contribution in [0.15, 0.2) is 0 Å². The largest absolute Gasteiger partial charge is 0.342 e. The zero-order valence-corrected chi connectivity index (χ0v) is 12.8. The Morgan fingerprint density at radius 2 is 2.11 bits per heavy atom. The second-order valence-electron chi connectivity index (χ2n) is 5.56. The second-order valence-corrected chi connectivity index (χ2v) is 8.12. The van der Waals surface area contributed by atoms with Gasteiger partial charge in [-0.1, -0.05) is 0 Å². The molecule has 3 unspecified atom stereocenters. The van der Waals surface area contributed by atoms with Crippen LogP contribution in [0.4, 0.5) is 0 Å². The van der Waals surface area contributed by atoms with Gasteiger partial charge in [0.1, 0.15) is 12.1 Å². The number of piperazine rings is 1. The zero-order chi connectivity index (χ0) is 13.4. The van der Waals surface area contributed by atoms with E-state index in [1.54, 1.807) is 0 Å². The minimum Gasteiger partial charge on any atom is -0.342 e. The van der Waals surface area contributed by atoms with Gasteiger partial charge in [-0.15, -0.1) is 0 Å². The summed E-state index contributed by atoms with van der Waals surface area (Å²) in [6.07, 6.45) is 2.15. The highest BCUT2D eigenvalue weighted by Crippen LogP contribution is 2.35. The molecule has 2 saturated heterocycles. The smallest absolute Gasteiger partial charge is 0.246 e. The van der Waals surface area contributed by atoms with Crippen molar-refractivity contribution in [3.05, 3.63) is 0 Å².